The number of ether oxygens (including phenoxy) is 5. The molecule has 7 rings (SSSR count). The molecule has 0 radical (unpaired) electrons. The molecule has 2 aromatic heterocycles. The van der Waals surface area contributed by atoms with Crippen molar-refractivity contribution in [3.05, 3.63) is 62.3 Å². The second kappa shape index (κ2) is 11.5. The highest BCUT2D eigenvalue weighted by atomic mass is 35.5. The molecule has 3 aliphatic rings. The van der Waals surface area contributed by atoms with Crippen LogP contribution in [0.25, 0.3) is 21.5 Å². The molecule has 2 aliphatic heterocycles. The average Bonchev–Trinajstić information content (AvgIpc) is 3.31. The van der Waals surface area contributed by atoms with E-state index < -0.39 is 29.9 Å². The molecular formula is C31H30Cl2N2O8S. The fourth-order valence-electron chi connectivity index (χ4n) is 5.82. The number of thiazole rings is 1. The Balaban J connectivity index is 1.14. The summed E-state index contributed by atoms with van der Waals surface area (Å²) in [6.07, 6.45) is 0.142. The standard InChI is InChI=1S/C31H30Cl2N2O8S/c1-14(2)42-20-9-16(29(36)38-3)10-22-25(20)34-30(44-22)31(37)13-41-27-21(12-40-28(27)31)39-11-17-24(35-43-26(17)15-7-8-15)23-18(32)5-4-6-19(23)33/h4-6,9-10,14-15,21,27-28,37H,7-8,11-13H2,1-3H3/t21-,27-,28+,31-/m1/s1. The van der Waals surface area contributed by atoms with Gasteiger partial charge < -0.3 is 33.3 Å². The van der Waals surface area contributed by atoms with E-state index in [-0.39, 0.29) is 31.8 Å². The molecule has 0 spiro atoms. The second-order valence-electron chi connectivity index (χ2n) is 11.5. The van der Waals surface area contributed by atoms with Gasteiger partial charge in [0.15, 0.2) is 5.60 Å². The molecular weight excluding hydrogens is 631 g/mol. The van der Waals surface area contributed by atoms with Gasteiger partial charge in [-0.25, -0.2) is 9.78 Å². The van der Waals surface area contributed by atoms with Crippen LogP contribution in [0.1, 0.15) is 59.3 Å². The maximum Gasteiger partial charge on any atom is 0.338 e. The first-order valence-corrected chi connectivity index (χ1v) is 15.9. The van der Waals surface area contributed by atoms with E-state index in [1.807, 2.05) is 13.8 Å². The van der Waals surface area contributed by atoms with Crippen LogP contribution < -0.4 is 4.74 Å². The lowest BCUT2D eigenvalue weighted by atomic mass is 9.96. The molecule has 1 saturated carbocycles. The third-order valence-corrected chi connectivity index (χ3v) is 9.89. The van der Waals surface area contributed by atoms with Gasteiger partial charge in [0, 0.05) is 17.0 Å². The fraction of sp³-hybridized carbons (Fsp3) is 0.452. The summed E-state index contributed by atoms with van der Waals surface area (Å²) in [6, 6.07) is 8.60. The Morgan fingerprint density at radius 1 is 1.20 bits per heavy atom. The minimum absolute atomic E-state index is 0.0344. The lowest BCUT2D eigenvalue weighted by Gasteiger charge is -2.24. The molecule has 4 aromatic rings. The first kappa shape index (κ1) is 29.9. The Labute approximate surface area is 267 Å². The maximum absolute atomic E-state index is 12.3. The Hall–Kier alpha value is -2.77. The number of hydrogen-bond acceptors (Lipinski definition) is 11. The first-order chi connectivity index (χ1) is 21.2. The molecule has 1 aliphatic carbocycles. The highest BCUT2D eigenvalue weighted by Crippen LogP contribution is 2.48. The van der Waals surface area contributed by atoms with Crippen LogP contribution in [0.15, 0.2) is 34.9 Å². The molecule has 44 heavy (non-hydrogen) atoms. The van der Waals surface area contributed by atoms with E-state index in [0.29, 0.717) is 47.8 Å². The van der Waals surface area contributed by atoms with Crippen molar-refractivity contribution in [3.63, 3.8) is 0 Å². The number of fused-ring (bicyclic) bond motifs is 2. The van der Waals surface area contributed by atoms with Crippen molar-refractivity contribution in [1.29, 1.82) is 0 Å². The summed E-state index contributed by atoms with van der Waals surface area (Å²) in [6.45, 7) is 4.13. The van der Waals surface area contributed by atoms with Crippen LogP contribution in [0.2, 0.25) is 10.0 Å². The van der Waals surface area contributed by atoms with E-state index in [2.05, 4.69) is 5.16 Å². The fourth-order valence-corrected chi connectivity index (χ4v) is 7.52. The quantitative estimate of drug-likeness (QED) is 0.205. The Morgan fingerprint density at radius 3 is 2.68 bits per heavy atom. The number of nitrogens with zero attached hydrogens (tertiary/aromatic N) is 2. The maximum atomic E-state index is 12.3. The van der Waals surface area contributed by atoms with Gasteiger partial charge in [-0.05, 0) is 51.0 Å². The largest absolute Gasteiger partial charge is 0.489 e. The Bertz CT molecular complexity index is 1720. The van der Waals surface area contributed by atoms with Gasteiger partial charge in [0.1, 0.15) is 46.0 Å². The van der Waals surface area contributed by atoms with Crippen molar-refractivity contribution in [2.24, 2.45) is 0 Å². The summed E-state index contributed by atoms with van der Waals surface area (Å²) >= 11 is 14.3. The smallest absolute Gasteiger partial charge is 0.338 e. The Kier molecular flexibility index (Phi) is 7.85. The predicted molar refractivity (Wildman–Crippen MR) is 163 cm³/mol. The highest BCUT2D eigenvalue weighted by molar-refractivity contribution is 7.18. The van der Waals surface area contributed by atoms with Crippen LogP contribution in [0.4, 0.5) is 0 Å². The van der Waals surface area contributed by atoms with Gasteiger partial charge >= 0.3 is 5.97 Å². The van der Waals surface area contributed by atoms with Gasteiger partial charge in [0.25, 0.3) is 0 Å². The Morgan fingerprint density at radius 2 is 1.98 bits per heavy atom. The number of halogens is 2. The number of aromatic nitrogens is 2. The molecule has 0 unspecified atom stereocenters. The van der Waals surface area contributed by atoms with Crippen LogP contribution in [0.3, 0.4) is 0 Å². The number of hydrogen-bond donors (Lipinski definition) is 1. The summed E-state index contributed by atoms with van der Waals surface area (Å²) in [4.78, 5) is 17.1. The van der Waals surface area contributed by atoms with E-state index in [1.54, 1.807) is 30.3 Å². The van der Waals surface area contributed by atoms with Crippen molar-refractivity contribution in [3.8, 4) is 17.0 Å². The normalized spacial score (nSPS) is 24.8. The van der Waals surface area contributed by atoms with Gasteiger partial charge in [-0.3, -0.25) is 0 Å². The SMILES string of the molecule is COC(=O)c1cc(OC(C)C)c2nc([C@@]3(O)CO[C@@H]4[C@H](OCc5c(-c6c(Cl)cccc6Cl)noc5C5CC5)CO[C@@H]43)sc2c1. The monoisotopic (exact) mass is 660 g/mol. The van der Waals surface area contributed by atoms with Crippen molar-refractivity contribution in [2.75, 3.05) is 20.3 Å². The minimum atomic E-state index is -1.53. The summed E-state index contributed by atoms with van der Waals surface area (Å²) in [7, 11) is 1.32. The van der Waals surface area contributed by atoms with Gasteiger partial charge in [-0.15, -0.1) is 11.3 Å². The lowest BCUT2D eigenvalue weighted by Crippen LogP contribution is -2.41. The number of carbonyl (C=O) groups is 1. The van der Waals surface area contributed by atoms with Gasteiger partial charge in [0.05, 0.1) is 53.3 Å². The van der Waals surface area contributed by atoms with Gasteiger partial charge in [-0.1, -0.05) is 34.4 Å². The van der Waals surface area contributed by atoms with Gasteiger partial charge in [-0.2, -0.15) is 0 Å². The van der Waals surface area contributed by atoms with E-state index in [1.165, 1.54) is 18.4 Å². The lowest BCUT2D eigenvalue weighted by molar-refractivity contribution is -0.0807. The molecule has 13 heteroatoms. The third-order valence-electron chi connectivity index (χ3n) is 8.09. The summed E-state index contributed by atoms with van der Waals surface area (Å²) in [5.74, 6) is 0.994. The van der Waals surface area contributed by atoms with E-state index in [4.69, 9.17) is 56.4 Å². The number of rotatable bonds is 9. The molecule has 3 fully saturated rings. The number of benzene rings is 2. The molecule has 0 amide bonds. The molecule has 10 nitrogen and oxygen atoms in total. The third kappa shape index (κ3) is 5.18. The summed E-state index contributed by atoms with van der Waals surface area (Å²) < 4.78 is 36.0. The van der Waals surface area contributed by atoms with Crippen molar-refractivity contribution in [1.82, 2.24) is 10.1 Å². The van der Waals surface area contributed by atoms with E-state index in [9.17, 15) is 9.90 Å². The molecule has 2 aromatic carbocycles. The highest BCUT2D eigenvalue weighted by Gasteiger charge is 2.59. The number of carbonyl (C=O) groups excluding carboxylic acids is 1. The zero-order valence-corrected chi connectivity index (χ0v) is 26.5. The van der Waals surface area contributed by atoms with Crippen molar-refractivity contribution >= 4 is 50.7 Å². The van der Waals surface area contributed by atoms with Crippen LogP contribution in [0, 0.1) is 0 Å². The van der Waals surface area contributed by atoms with Crippen LogP contribution >= 0.6 is 34.5 Å². The second-order valence-corrected chi connectivity index (χ2v) is 13.4. The minimum Gasteiger partial charge on any atom is -0.489 e. The molecule has 0 bridgehead atoms. The number of methoxy groups -OCH3 is 1. The summed E-state index contributed by atoms with van der Waals surface area (Å²) in [5.41, 5.74) is 1.30. The molecule has 4 heterocycles. The van der Waals surface area contributed by atoms with Crippen LogP contribution in [-0.4, -0.2) is 66.0 Å². The van der Waals surface area contributed by atoms with Crippen molar-refractivity contribution < 1.29 is 38.1 Å². The zero-order chi connectivity index (χ0) is 30.7. The van der Waals surface area contributed by atoms with Crippen molar-refractivity contribution in [2.45, 2.75) is 69.2 Å². The molecule has 232 valence electrons. The summed E-state index contributed by atoms with van der Waals surface area (Å²) in [5, 5.41) is 17.6. The zero-order valence-electron chi connectivity index (χ0n) is 24.2. The topological polar surface area (TPSA) is 122 Å². The average molecular weight is 662 g/mol. The molecule has 1 N–H and O–H groups in total. The van der Waals surface area contributed by atoms with Crippen LogP contribution in [0.5, 0.6) is 5.75 Å². The predicted octanol–water partition coefficient (Wildman–Crippen LogP) is 6.28. The number of esters is 1. The van der Waals surface area contributed by atoms with Gasteiger partial charge in [0.2, 0.25) is 0 Å². The first-order valence-electron chi connectivity index (χ1n) is 14.4. The molecule has 2 saturated heterocycles. The van der Waals surface area contributed by atoms with E-state index in [0.717, 1.165) is 24.2 Å². The van der Waals surface area contributed by atoms with Crippen LogP contribution in [-0.2, 0) is 31.2 Å². The number of aliphatic hydroxyl groups is 1. The molecule has 4 atom stereocenters. The van der Waals surface area contributed by atoms with E-state index >= 15 is 0 Å².